The number of likely N-dealkylation sites (tertiary alicyclic amines) is 1. The molecule has 0 radical (unpaired) electrons. The Morgan fingerprint density at radius 1 is 1.17 bits per heavy atom. The van der Waals surface area contributed by atoms with Crippen LogP contribution in [0, 0.1) is 29.6 Å². The Morgan fingerprint density at radius 3 is 2.72 bits per heavy atom. The summed E-state index contributed by atoms with van der Waals surface area (Å²) in [6.07, 6.45) is 5.24. The fraction of sp³-hybridized carbons (Fsp3) is 0.933. The second-order valence-electron chi connectivity index (χ2n) is 7.09. The highest BCUT2D eigenvalue weighted by molar-refractivity contribution is 5.80. The monoisotopic (exact) mass is 248 g/mol. The van der Waals surface area contributed by atoms with E-state index >= 15 is 0 Å². The minimum Gasteiger partial charge on any atom is -0.339 e. The van der Waals surface area contributed by atoms with Crippen LogP contribution in [0.4, 0.5) is 0 Å². The van der Waals surface area contributed by atoms with Gasteiger partial charge in [-0.2, -0.15) is 0 Å². The molecule has 2 aliphatic heterocycles. The summed E-state index contributed by atoms with van der Waals surface area (Å²) >= 11 is 0. The number of nitrogens with one attached hydrogen (secondary N) is 1. The summed E-state index contributed by atoms with van der Waals surface area (Å²) in [5.41, 5.74) is 0. The summed E-state index contributed by atoms with van der Waals surface area (Å²) in [6.45, 7) is 5.52. The first-order chi connectivity index (χ1) is 8.74. The van der Waals surface area contributed by atoms with Crippen LogP contribution in [0.3, 0.4) is 0 Å². The van der Waals surface area contributed by atoms with Crippen molar-refractivity contribution in [3.8, 4) is 0 Å². The highest BCUT2D eigenvalue weighted by atomic mass is 16.2. The van der Waals surface area contributed by atoms with Crippen molar-refractivity contribution in [2.45, 2.75) is 38.6 Å². The minimum absolute atomic E-state index is 0.387. The molecule has 18 heavy (non-hydrogen) atoms. The van der Waals surface area contributed by atoms with Gasteiger partial charge in [0.25, 0.3) is 0 Å². The maximum atomic E-state index is 12.8. The lowest BCUT2D eigenvalue weighted by Crippen LogP contribution is -2.42. The molecule has 2 heterocycles. The van der Waals surface area contributed by atoms with E-state index in [9.17, 15) is 4.79 Å². The molecule has 0 aromatic rings. The normalized spacial score (nSPS) is 49.9. The van der Waals surface area contributed by atoms with Crippen molar-refractivity contribution in [2.75, 3.05) is 19.6 Å². The molecule has 6 unspecified atom stereocenters. The zero-order chi connectivity index (χ0) is 12.3. The molecule has 0 spiro atoms. The van der Waals surface area contributed by atoms with Gasteiger partial charge < -0.3 is 10.2 Å². The summed E-state index contributed by atoms with van der Waals surface area (Å²) < 4.78 is 0. The molecule has 4 aliphatic rings. The molecular formula is C15H24N2O. The number of hydrogen-bond acceptors (Lipinski definition) is 2. The van der Waals surface area contributed by atoms with Gasteiger partial charge in [0.15, 0.2) is 0 Å². The topological polar surface area (TPSA) is 32.3 Å². The lowest BCUT2D eigenvalue weighted by molar-refractivity contribution is -0.138. The number of amides is 1. The Bertz CT molecular complexity index is 370. The molecule has 2 bridgehead atoms. The highest BCUT2D eigenvalue weighted by Crippen LogP contribution is 2.49. The van der Waals surface area contributed by atoms with Crippen LogP contribution in [-0.4, -0.2) is 36.5 Å². The number of fused-ring (bicyclic) bond motifs is 3. The van der Waals surface area contributed by atoms with Crippen LogP contribution in [-0.2, 0) is 4.79 Å². The molecule has 6 atom stereocenters. The van der Waals surface area contributed by atoms with Crippen LogP contribution < -0.4 is 5.32 Å². The van der Waals surface area contributed by atoms with Crippen molar-refractivity contribution in [3.63, 3.8) is 0 Å². The van der Waals surface area contributed by atoms with Gasteiger partial charge in [-0.1, -0.05) is 6.42 Å². The van der Waals surface area contributed by atoms with E-state index < -0.39 is 0 Å². The molecule has 2 saturated heterocycles. The molecular weight excluding hydrogens is 224 g/mol. The Morgan fingerprint density at radius 2 is 2.06 bits per heavy atom. The van der Waals surface area contributed by atoms with Crippen LogP contribution >= 0.6 is 0 Å². The number of nitrogens with zero attached hydrogens (tertiary/aromatic N) is 1. The van der Waals surface area contributed by atoms with Crippen LogP contribution in [0.1, 0.15) is 32.6 Å². The Labute approximate surface area is 109 Å². The molecule has 1 amide bonds. The number of hydrogen-bond donors (Lipinski definition) is 1. The third-order valence-corrected chi connectivity index (χ3v) is 6.27. The van der Waals surface area contributed by atoms with Gasteiger partial charge in [0.2, 0.25) is 5.91 Å². The first-order valence-corrected chi connectivity index (χ1v) is 7.75. The van der Waals surface area contributed by atoms with Gasteiger partial charge in [0.1, 0.15) is 0 Å². The van der Waals surface area contributed by atoms with E-state index in [1.165, 1.54) is 25.7 Å². The summed E-state index contributed by atoms with van der Waals surface area (Å²) in [5, 5.41) is 3.47. The van der Waals surface area contributed by atoms with Gasteiger partial charge in [0.05, 0.1) is 0 Å². The number of carbonyl (C=O) groups excluding carboxylic acids is 1. The van der Waals surface area contributed by atoms with Crippen molar-refractivity contribution in [3.05, 3.63) is 0 Å². The van der Waals surface area contributed by atoms with Crippen molar-refractivity contribution < 1.29 is 4.79 Å². The summed E-state index contributed by atoms with van der Waals surface area (Å²) in [4.78, 5) is 15.0. The number of rotatable bonds is 1. The van der Waals surface area contributed by atoms with Gasteiger partial charge in [-0.3, -0.25) is 4.79 Å². The fourth-order valence-electron chi connectivity index (χ4n) is 5.22. The van der Waals surface area contributed by atoms with E-state index in [0.29, 0.717) is 23.8 Å². The zero-order valence-electron chi connectivity index (χ0n) is 11.3. The fourth-order valence-corrected chi connectivity index (χ4v) is 5.22. The third-order valence-electron chi connectivity index (χ3n) is 6.27. The first-order valence-electron chi connectivity index (χ1n) is 7.75. The van der Waals surface area contributed by atoms with E-state index in [1.807, 2.05) is 0 Å². The first kappa shape index (κ1) is 11.3. The predicted molar refractivity (Wildman–Crippen MR) is 70.0 cm³/mol. The van der Waals surface area contributed by atoms with E-state index in [-0.39, 0.29) is 0 Å². The molecule has 3 nitrogen and oxygen atoms in total. The number of carbonyl (C=O) groups is 1. The SMILES string of the molecule is CC1C2CNCC2CN1C(=O)C1CC2CCC1C2. The summed E-state index contributed by atoms with van der Waals surface area (Å²) in [7, 11) is 0. The Kier molecular flexibility index (Phi) is 2.48. The van der Waals surface area contributed by atoms with Crippen LogP contribution in [0.2, 0.25) is 0 Å². The molecule has 2 aliphatic carbocycles. The van der Waals surface area contributed by atoms with Crippen molar-refractivity contribution in [1.29, 1.82) is 0 Å². The second kappa shape index (κ2) is 3.96. The maximum absolute atomic E-state index is 12.8. The molecule has 4 fully saturated rings. The van der Waals surface area contributed by atoms with Gasteiger partial charge in [-0.25, -0.2) is 0 Å². The smallest absolute Gasteiger partial charge is 0.226 e. The van der Waals surface area contributed by atoms with Gasteiger partial charge >= 0.3 is 0 Å². The second-order valence-corrected chi connectivity index (χ2v) is 7.09. The van der Waals surface area contributed by atoms with Crippen molar-refractivity contribution in [2.24, 2.45) is 29.6 Å². The van der Waals surface area contributed by atoms with Crippen molar-refractivity contribution in [1.82, 2.24) is 10.2 Å². The lowest BCUT2D eigenvalue weighted by atomic mass is 9.87. The minimum atomic E-state index is 0.387. The molecule has 0 aromatic carbocycles. The average Bonchev–Trinajstić information content (AvgIpc) is 3.09. The Balaban J connectivity index is 1.49. The molecule has 3 heteroatoms. The van der Waals surface area contributed by atoms with Crippen molar-refractivity contribution >= 4 is 5.91 Å². The van der Waals surface area contributed by atoms with Gasteiger partial charge in [0, 0.05) is 31.6 Å². The van der Waals surface area contributed by atoms with Crippen LogP contribution in [0.25, 0.3) is 0 Å². The van der Waals surface area contributed by atoms with Crippen LogP contribution in [0.15, 0.2) is 0 Å². The highest BCUT2D eigenvalue weighted by Gasteiger charge is 2.49. The van der Waals surface area contributed by atoms with Crippen LogP contribution in [0.5, 0.6) is 0 Å². The average molecular weight is 248 g/mol. The predicted octanol–water partition coefficient (Wildman–Crippen LogP) is 1.49. The van der Waals surface area contributed by atoms with E-state index in [1.54, 1.807) is 0 Å². The van der Waals surface area contributed by atoms with Gasteiger partial charge in [-0.05, 0) is 49.9 Å². The van der Waals surface area contributed by atoms with E-state index in [2.05, 4.69) is 17.1 Å². The summed E-state index contributed by atoms with van der Waals surface area (Å²) in [6, 6.07) is 0.469. The zero-order valence-corrected chi connectivity index (χ0v) is 11.3. The molecule has 4 rings (SSSR count). The van der Waals surface area contributed by atoms with E-state index in [0.717, 1.165) is 37.4 Å². The summed E-state index contributed by atoms with van der Waals surface area (Å²) in [5.74, 6) is 3.94. The molecule has 0 aromatic heterocycles. The quantitative estimate of drug-likeness (QED) is 0.762. The lowest BCUT2D eigenvalue weighted by Gasteiger charge is -2.30. The largest absolute Gasteiger partial charge is 0.339 e. The molecule has 2 saturated carbocycles. The third kappa shape index (κ3) is 1.49. The molecule has 1 N–H and O–H groups in total. The standard InChI is InChI=1S/C15H24N2O/c1-9-14-7-16-6-12(14)8-17(9)15(18)13-5-10-2-3-11(13)4-10/h9-14,16H,2-8H2,1H3. The van der Waals surface area contributed by atoms with E-state index in [4.69, 9.17) is 0 Å². The Hall–Kier alpha value is -0.570. The molecule has 100 valence electrons. The van der Waals surface area contributed by atoms with Gasteiger partial charge in [-0.15, -0.1) is 0 Å². The maximum Gasteiger partial charge on any atom is 0.226 e.